The monoisotopic (exact) mass is 221 g/mol. The zero-order valence-corrected chi connectivity index (χ0v) is 9.59. The number of hydrogen-bond acceptors (Lipinski definition) is 3. The first-order chi connectivity index (χ1) is 7.40. The molecule has 1 N–H and O–H groups in total. The summed E-state index contributed by atoms with van der Waals surface area (Å²) in [5.74, 6) is 1.06. The van der Waals surface area contributed by atoms with Crippen molar-refractivity contribution < 1.29 is 4.42 Å². The van der Waals surface area contributed by atoms with E-state index in [1.165, 1.54) is 5.56 Å². The van der Waals surface area contributed by atoms with E-state index in [0.29, 0.717) is 6.04 Å². The van der Waals surface area contributed by atoms with Crippen LogP contribution >= 0.6 is 11.3 Å². The van der Waals surface area contributed by atoms with Crippen molar-refractivity contribution in [3.8, 4) is 0 Å². The molecular formula is C12H15NOS. The van der Waals surface area contributed by atoms with E-state index in [-0.39, 0.29) is 0 Å². The minimum Gasteiger partial charge on any atom is -0.469 e. The van der Waals surface area contributed by atoms with Gasteiger partial charge >= 0.3 is 0 Å². The third-order valence-corrected chi connectivity index (χ3v) is 3.25. The van der Waals surface area contributed by atoms with Crippen LogP contribution < -0.4 is 5.32 Å². The van der Waals surface area contributed by atoms with E-state index < -0.39 is 0 Å². The Morgan fingerprint density at radius 2 is 2.40 bits per heavy atom. The van der Waals surface area contributed by atoms with Crippen LogP contribution in [0.15, 0.2) is 39.6 Å². The summed E-state index contributed by atoms with van der Waals surface area (Å²) in [7, 11) is 2.00. The minimum atomic E-state index is 0.432. The summed E-state index contributed by atoms with van der Waals surface area (Å²) in [5.41, 5.74) is 1.37. The van der Waals surface area contributed by atoms with Crippen LogP contribution in [0.2, 0.25) is 0 Å². The molecule has 1 unspecified atom stereocenters. The molecule has 80 valence electrons. The molecule has 0 saturated carbocycles. The number of nitrogens with one attached hydrogen (secondary N) is 1. The summed E-state index contributed by atoms with van der Waals surface area (Å²) in [4.78, 5) is 0. The molecule has 2 aromatic rings. The van der Waals surface area contributed by atoms with Gasteiger partial charge in [0.15, 0.2) is 0 Å². The zero-order valence-electron chi connectivity index (χ0n) is 8.77. The highest BCUT2D eigenvalue weighted by atomic mass is 32.1. The Labute approximate surface area is 93.9 Å². The van der Waals surface area contributed by atoms with E-state index in [0.717, 1.165) is 18.6 Å². The molecule has 1 atom stereocenters. The van der Waals surface area contributed by atoms with Crippen molar-refractivity contribution in [3.05, 3.63) is 46.5 Å². The molecule has 0 aromatic carbocycles. The fourth-order valence-electron chi connectivity index (χ4n) is 1.69. The Morgan fingerprint density at radius 3 is 3.00 bits per heavy atom. The van der Waals surface area contributed by atoms with Crippen LogP contribution in [0.4, 0.5) is 0 Å². The van der Waals surface area contributed by atoms with Gasteiger partial charge in [-0.3, -0.25) is 0 Å². The SMILES string of the molecule is CNC(CCc1ccco1)c1ccsc1. The smallest absolute Gasteiger partial charge is 0.103 e. The van der Waals surface area contributed by atoms with Gasteiger partial charge in [-0.1, -0.05) is 0 Å². The molecule has 0 bridgehead atoms. The van der Waals surface area contributed by atoms with E-state index in [1.54, 1.807) is 17.6 Å². The highest BCUT2D eigenvalue weighted by Crippen LogP contribution is 2.21. The van der Waals surface area contributed by atoms with Gasteiger partial charge in [0.05, 0.1) is 6.26 Å². The maximum absolute atomic E-state index is 5.32. The number of rotatable bonds is 5. The van der Waals surface area contributed by atoms with Crippen molar-refractivity contribution in [2.45, 2.75) is 18.9 Å². The van der Waals surface area contributed by atoms with Gasteiger partial charge in [0, 0.05) is 12.5 Å². The van der Waals surface area contributed by atoms with Gasteiger partial charge < -0.3 is 9.73 Å². The van der Waals surface area contributed by atoms with Gasteiger partial charge in [0.1, 0.15) is 5.76 Å². The molecule has 15 heavy (non-hydrogen) atoms. The average Bonchev–Trinajstić information content (AvgIpc) is 2.90. The largest absolute Gasteiger partial charge is 0.469 e. The molecule has 0 aliphatic carbocycles. The normalized spacial score (nSPS) is 12.9. The number of hydrogen-bond donors (Lipinski definition) is 1. The summed E-state index contributed by atoms with van der Waals surface area (Å²) in [5, 5.41) is 7.65. The second kappa shape index (κ2) is 5.14. The van der Waals surface area contributed by atoms with Gasteiger partial charge in [0.2, 0.25) is 0 Å². The van der Waals surface area contributed by atoms with Crippen molar-refractivity contribution in [3.63, 3.8) is 0 Å². The van der Waals surface area contributed by atoms with Crippen LogP contribution in [0.3, 0.4) is 0 Å². The zero-order chi connectivity index (χ0) is 10.5. The predicted octanol–water partition coefficient (Wildman–Crippen LogP) is 3.23. The maximum Gasteiger partial charge on any atom is 0.103 e. The molecule has 0 saturated heterocycles. The summed E-state index contributed by atoms with van der Waals surface area (Å²) < 4.78 is 5.32. The molecule has 0 aliphatic rings. The molecule has 2 aromatic heterocycles. The summed E-state index contributed by atoms with van der Waals surface area (Å²) in [6, 6.07) is 6.57. The second-order valence-corrected chi connectivity index (χ2v) is 4.30. The van der Waals surface area contributed by atoms with E-state index >= 15 is 0 Å². The van der Waals surface area contributed by atoms with E-state index in [2.05, 4.69) is 22.1 Å². The lowest BCUT2D eigenvalue weighted by atomic mass is 10.0. The Morgan fingerprint density at radius 1 is 1.47 bits per heavy atom. The summed E-state index contributed by atoms with van der Waals surface area (Å²) >= 11 is 1.74. The Balaban J connectivity index is 1.92. The second-order valence-electron chi connectivity index (χ2n) is 3.52. The molecule has 0 radical (unpaired) electrons. The van der Waals surface area contributed by atoms with Gasteiger partial charge in [-0.15, -0.1) is 0 Å². The minimum absolute atomic E-state index is 0.432. The quantitative estimate of drug-likeness (QED) is 0.838. The highest BCUT2D eigenvalue weighted by Gasteiger charge is 2.09. The fraction of sp³-hybridized carbons (Fsp3) is 0.333. The van der Waals surface area contributed by atoms with Gasteiger partial charge in [-0.05, 0) is 48.0 Å². The first-order valence-electron chi connectivity index (χ1n) is 5.12. The van der Waals surface area contributed by atoms with Gasteiger partial charge in [0.25, 0.3) is 0 Å². The van der Waals surface area contributed by atoms with E-state index in [9.17, 15) is 0 Å². The van der Waals surface area contributed by atoms with Gasteiger partial charge in [-0.2, -0.15) is 11.3 Å². The lowest BCUT2D eigenvalue weighted by Gasteiger charge is -2.13. The molecule has 0 amide bonds. The average molecular weight is 221 g/mol. The molecule has 0 fully saturated rings. The fourth-order valence-corrected chi connectivity index (χ4v) is 2.41. The van der Waals surface area contributed by atoms with Crippen molar-refractivity contribution in [1.82, 2.24) is 5.32 Å². The Kier molecular flexibility index (Phi) is 3.59. The van der Waals surface area contributed by atoms with Crippen LogP contribution in [0.5, 0.6) is 0 Å². The third-order valence-electron chi connectivity index (χ3n) is 2.55. The maximum atomic E-state index is 5.32. The first kappa shape index (κ1) is 10.5. The van der Waals surface area contributed by atoms with Crippen LogP contribution in [-0.4, -0.2) is 7.05 Å². The van der Waals surface area contributed by atoms with Crippen LogP contribution in [0, 0.1) is 0 Å². The Hall–Kier alpha value is -1.06. The third kappa shape index (κ3) is 2.70. The summed E-state index contributed by atoms with van der Waals surface area (Å²) in [6.45, 7) is 0. The molecule has 2 heterocycles. The highest BCUT2D eigenvalue weighted by molar-refractivity contribution is 7.07. The summed E-state index contributed by atoms with van der Waals surface area (Å²) in [6.07, 6.45) is 3.78. The van der Waals surface area contributed by atoms with Crippen molar-refractivity contribution >= 4 is 11.3 Å². The lowest BCUT2D eigenvalue weighted by Crippen LogP contribution is -2.16. The first-order valence-corrected chi connectivity index (χ1v) is 6.06. The molecule has 2 rings (SSSR count). The number of thiophene rings is 1. The standard InChI is InChI=1S/C12H15NOS/c1-13-12(10-6-8-15-9-10)5-4-11-3-2-7-14-11/h2-3,6-9,12-13H,4-5H2,1H3. The van der Waals surface area contributed by atoms with E-state index in [4.69, 9.17) is 4.42 Å². The number of furan rings is 1. The molecule has 0 spiro atoms. The van der Waals surface area contributed by atoms with Crippen molar-refractivity contribution in [2.24, 2.45) is 0 Å². The van der Waals surface area contributed by atoms with Crippen molar-refractivity contribution in [1.29, 1.82) is 0 Å². The topological polar surface area (TPSA) is 25.2 Å². The number of aryl methyl sites for hydroxylation is 1. The van der Waals surface area contributed by atoms with Gasteiger partial charge in [-0.25, -0.2) is 0 Å². The van der Waals surface area contributed by atoms with Crippen LogP contribution in [0.25, 0.3) is 0 Å². The predicted molar refractivity (Wildman–Crippen MR) is 63.1 cm³/mol. The molecular weight excluding hydrogens is 206 g/mol. The van der Waals surface area contributed by atoms with Crippen LogP contribution in [0.1, 0.15) is 23.8 Å². The lowest BCUT2D eigenvalue weighted by molar-refractivity contribution is 0.470. The molecule has 3 heteroatoms. The molecule has 0 aliphatic heterocycles. The molecule has 2 nitrogen and oxygen atoms in total. The van der Waals surface area contributed by atoms with E-state index in [1.807, 2.05) is 19.2 Å². The van der Waals surface area contributed by atoms with Crippen LogP contribution in [-0.2, 0) is 6.42 Å². The Bertz CT molecular complexity index is 366. The van der Waals surface area contributed by atoms with Crippen molar-refractivity contribution in [2.75, 3.05) is 7.05 Å².